The minimum Gasteiger partial charge on any atom is -0.324 e. The van der Waals surface area contributed by atoms with Gasteiger partial charge in [-0.2, -0.15) is 8.42 Å². The second kappa shape index (κ2) is 9.84. The first-order valence-corrected chi connectivity index (χ1v) is 15.1. The van der Waals surface area contributed by atoms with E-state index in [9.17, 15) is 13.0 Å². The predicted molar refractivity (Wildman–Crippen MR) is 166 cm³/mol. The molecule has 2 aliphatic heterocycles. The second-order valence-electron chi connectivity index (χ2n) is 10.4. The summed E-state index contributed by atoms with van der Waals surface area (Å²) in [4.78, 5) is 35.4. The van der Waals surface area contributed by atoms with Crippen molar-refractivity contribution in [3.05, 3.63) is 91.0 Å². The van der Waals surface area contributed by atoms with Gasteiger partial charge in [0.15, 0.2) is 23.3 Å². The van der Waals surface area contributed by atoms with Gasteiger partial charge in [-0.1, -0.05) is 84.9 Å². The number of hydrogen-bond donors (Lipinski definition) is 3. The molecule has 8 bridgehead atoms. The van der Waals surface area contributed by atoms with Crippen LogP contribution in [-0.2, 0) is 27.2 Å². The van der Waals surface area contributed by atoms with Crippen molar-refractivity contribution in [3.8, 4) is 45.6 Å². The second-order valence-corrected chi connectivity index (χ2v) is 11.8. The summed E-state index contributed by atoms with van der Waals surface area (Å²) in [7, 11) is -4.62. The third-order valence-corrected chi connectivity index (χ3v) is 8.72. The molecule has 0 radical (unpaired) electrons. The summed E-state index contributed by atoms with van der Waals surface area (Å²) in [5.41, 5.74) is 4.68. The Hall–Kier alpha value is -5.33. The van der Waals surface area contributed by atoms with E-state index in [1.807, 2.05) is 72.8 Å². The smallest absolute Gasteiger partial charge is 0.324 e. The number of aromatic nitrogens is 8. The molecule has 11 nitrogen and oxygen atoms in total. The normalized spacial score (nSPS) is 12.1. The molecule has 0 fully saturated rings. The summed E-state index contributed by atoms with van der Waals surface area (Å²) < 4.78 is 35.2. The summed E-state index contributed by atoms with van der Waals surface area (Å²) in [5.74, 6) is 1.60. The molecule has 0 aliphatic carbocycles. The third kappa shape index (κ3) is 4.17. The molecule has 216 valence electrons. The minimum atomic E-state index is -4.62. The van der Waals surface area contributed by atoms with Gasteiger partial charge < -0.3 is 9.97 Å². The average Bonchev–Trinajstić information content (AvgIpc) is 3.76. The Morgan fingerprint density at radius 3 is 1.31 bits per heavy atom. The molecule has 0 spiro atoms. The molecule has 0 saturated carbocycles. The number of fused-ring (bicyclic) bond motifs is 20. The van der Waals surface area contributed by atoms with Gasteiger partial charge in [0.25, 0.3) is 10.1 Å². The van der Waals surface area contributed by atoms with Crippen molar-refractivity contribution in [3.63, 3.8) is 0 Å². The molecule has 3 N–H and O–H groups in total. The van der Waals surface area contributed by atoms with Crippen LogP contribution in [0.2, 0.25) is 0 Å². The van der Waals surface area contributed by atoms with Gasteiger partial charge in [-0.05, 0) is 6.07 Å². The van der Waals surface area contributed by atoms with Crippen LogP contribution in [0.4, 0.5) is 0 Å². The molecular formula is C32H18FeN8O3S+2. The molecule has 4 aromatic carbocycles. The van der Waals surface area contributed by atoms with Crippen molar-refractivity contribution in [2.45, 2.75) is 4.90 Å². The average molecular weight is 650 g/mol. The van der Waals surface area contributed by atoms with Gasteiger partial charge in [0, 0.05) is 43.8 Å². The number of nitrogens with one attached hydrogen (secondary N) is 2. The maximum Gasteiger partial charge on any atom is 2.00 e. The zero-order valence-corrected chi connectivity index (χ0v) is 24.8. The largest absolute Gasteiger partial charge is 2.00 e. The van der Waals surface area contributed by atoms with E-state index in [2.05, 4.69) is 9.97 Å². The van der Waals surface area contributed by atoms with E-state index in [1.54, 1.807) is 12.1 Å². The van der Waals surface area contributed by atoms with Crippen molar-refractivity contribution >= 4 is 54.3 Å². The molecule has 5 heterocycles. The van der Waals surface area contributed by atoms with Gasteiger partial charge in [0.05, 0.1) is 0 Å². The molecule has 0 amide bonds. The Labute approximate surface area is 264 Å². The molecule has 2 aliphatic rings. The van der Waals surface area contributed by atoms with Crippen molar-refractivity contribution in [2.24, 2.45) is 0 Å². The van der Waals surface area contributed by atoms with E-state index >= 15 is 0 Å². The third-order valence-electron chi connectivity index (χ3n) is 7.82. The SMILES string of the molecule is O=S(=O)(O)c1cccc2c3nc4nc(nc5[nH]c(nc6nc(nc([nH]3)c12)-c1ccccc1-6)c1ccccc51)-c1ccccc1-4.[Fe+2]. The molecule has 0 saturated heterocycles. The number of rotatable bonds is 1. The van der Waals surface area contributed by atoms with Crippen LogP contribution in [0.15, 0.2) is 95.9 Å². The van der Waals surface area contributed by atoms with Crippen LogP contribution in [-0.4, -0.2) is 52.8 Å². The fraction of sp³-hybridized carbons (Fsp3) is 0. The van der Waals surface area contributed by atoms with E-state index in [0.29, 0.717) is 45.6 Å². The van der Waals surface area contributed by atoms with Crippen LogP contribution in [0.1, 0.15) is 0 Å². The Morgan fingerprint density at radius 1 is 0.467 bits per heavy atom. The van der Waals surface area contributed by atoms with Crippen molar-refractivity contribution in [1.29, 1.82) is 0 Å². The first kappa shape index (κ1) is 27.2. The van der Waals surface area contributed by atoms with E-state index in [-0.39, 0.29) is 33.0 Å². The monoisotopic (exact) mass is 650 g/mol. The van der Waals surface area contributed by atoms with Gasteiger partial charge in [0.1, 0.15) is 27.5 Å². The number of benzene rings is 4. The Morgan fingerprint density at radius 2 is 0.844 bits per heavy atom. The summed E-state index contributed by atoms with van der Waals surface area (Å²) in [6.07, 6.45) is 0. The van der Waals surface area contributed by atoms with Crippen molar-refractivity contribution in [1.82, 2.24) is 39.9 Å². The van der Waals surface area contributed by atoms with E-state index in [0.717, 1.165) is 33.0 Å². The van der Waals surface area contributed by atoms with Crippen LogP contribution >= 0.6 is 0 Å². The van der Waals surface area contributed by atoms with Gasteiger partial charge in [-0.25, -0.2) is 29.9 Å². The van der Waals surface area contributed by atoms with Crippen LogP contribution < -0.4 is 0 Å². The predicted octanol–water partition coefficient (Wildman–Crippen LogP) is 6.11. The molecule has 0 atom stereocenters. The summed E-state index contributed by atoms with van der Waals surface area (Å²) in [5, 5.41) is 2.36. The van der Waals surface area contributed by atoms with Crippen molar-refractivity contribution < 1.29 is 30.0 Å². The fourth-order valence-electron chi connectivity index (χ4n) is 5.87. The summed E-state index contributed by atoms with van der Waals surface area (Å²) in [6.45, 7) is 0. The van der Waals surface area contributed by atoms with Gasteiger partial charge in [0.2, 0.25) is 0 Å². The number of nitrogens with zero attached hydrogens (tertiary/aromatic N) is 6. The van der Waals surface area contributed by atoms with Crippen molar-refractivity contribution in [2.75, 3.05) is 0 Å². The molecular weight excluding hydrogens is 632 g/mol. The topological polar surface area (TPSA) is 163 Å². The van der Waals surface area contributed by atoms with Crippen LogP contribution in [0.3, 0.4) is 0 Å². The molecule has 3 aromatic heterocycles. The molecule has 45 heavy (non-hydrogen) atoms. The number of aromatic amines is 2. The maximum absolute atomic E-state index is 12.5. The first-order chi connectivity index (χ1) is 21.4. The van der Waals surface area contributed by atoms with Gasteiger partial charge in [-0.15, -0.1) is 0 Å². The van der Waals surface area contributed by atoms with Gasteiger partial charge in [-0.3, -0.25) is 4.55 Å². The van der Waals surface area contributed by atoms with E-state index in [1.165, 1.54) is 6.07 Å². The quantitative estimate of drug-likeness (QED) is 0.140. The van der Waals surface area contributed by atoms with Gasteiger partial charge >= 0.3 is 17.1 Å². The molecule has 0 unspecified atom stereocenters. The Bertz CT molecular complexity index is 2660. The standard InChI is InChI=1S/C32H18N8O3S.Fe/c41-44(42,43)23-15-7-14-22-24(23)32-39-30-21-13-6-5-12-20(21)28(37-30)35-26-17-9-2-1-8-16(17)25(33-26)34-27-18-10-3-4-11-19(18)29(36-27)38-31(22)40-32;/h1-15H,(H,41,42,43)(H2,33,34,35,36,37,38,39,40);/q;+2. The Balaban J connectivity index is 0.00000300. The van der Waals surface area contributed by atoms with Crippen LogP contribution in [0, 0.1) is 0 Å². The molecule has 7 aromatic rings. The zero-order chi connectivity index (χ0) is 29.6. The van der Waals surface area contributed by atoms with E-state index in [4.69, 9.17) is 29.9 Å². The van der Waals surface area contributed by atoms with E-state index < -0.39 is 10.1 Å². The first-order valence-electron chi connectivity index (χ1n) is 13.6. The summed E-state index contributed by atoms with van der Waals surface area (Å²) in [6, 6.07) is 27.6. The number of H-pyrrole nitrogens is 2. The molecule has 13 heteroatoms. The van der Waals surface area contributed by atoms with Crippen LogP contribution in [0.5, 0.6) is 0 Å². The Kier molecular flexibility index (Phi) is 5.96. The summed E-state index contributed by atoms with van der Waals surface area (Å²) >= 11 is 0. The number of hydrogen-bond acceptors (Lipinski definition) is 8. The molecule has 9 rings (SSSR count). The zero-order valence-electron chi connectivity index (χ0n) is 22.9. The maximum atomic E-state index is 12.5. The van der Waals surface area contributed by atoms with Crippen LogP contribution in [0.25, 0.3) is 89.7 Å². The minimum absolute atomic E-state index is 0. The fourth-order valence-corrected chi connectivity index (χ4v) is 6.59.